The van der Waals surface area contributed by atoms with E-state index in [1.807, 2.05) is 36.4 Å². The predicted octanol–water partition coefficient (Wildman–Crippen LogP) is 3.48. The number of hydrogen-bond donors (Lipinski definition) is 0. The van der Waals surface area contributed by atoms with Crippen LogP contribution >= 0.6 is 0 Å². The van der Waals surface area contributed by atoms with E-state index >= 15 is 0 Å². The number of esters is 1. The Bertz CT molecular complexity index is 910. The normalized spacial score (nSPS) is 15.1. The number of carbonyl (C=O) groups is 2. The molecular weight excluding hydrogens is 410 g/mol. The van der Waals surface area contributed by atoms with Crippen molar-refractivity contribution in [2.24, 2.45) is 0 Å². The fourth-order valence-corrected chi connectivity index (χ4v) is 3.79. The number of piperidine rings is 1. The number of ether oxygens (including phenoxy) is 3. The molecule has 8 nitrogen and oxygen atoms in total. The van der Waals surface area contributed by atoms with Gasteiger partial charge in [0.25, 0.3) is 5.91 Å². The van der Waals surface area contributed by atoms with Gasteiger partial charge in [0.1, 0.15) is 18.2 Å². The molecule has 1 aliphatic heterocycles. The Balaban J connectivity index is 1.63. The second-order valence-corrected chi connectivity index (χ2v) is 8.90. The number of nitrogens with zero attached hydrogens (tertiary/aromatic N) is 3. The van der Waals surface area contributed by atoms with Crippen LogP contribution in [0.4, 0.5) is 0 Å². The van der Waals surface area contributed by atoms with Crippen LogP contribution in [0.3, 0.4) is 0 Å². The molecular formula is C24H33N3O5. The number of methoxy groups -OCH3 is 1. The van der Waals surface area contributed by atoms with Gasteiger partial charge in [-0.05, 0) is 45.7 Å². The van der Waals surface area contributed by atoms with E-state index in [0.717, 1.165) is 18.7 Å². The first-order chi connectivity index (χ1) is 15.3. The van der Waals surface area contributed by atoms with E-state index in [2.05, 4.69) is 4.98 Å². The topological polar surface area (TPSA) is 82.9 Å². The Hall–Kier alpha value is -2.71. The summed E-state index contributed by atoms with van der Waals surface area (Å²) in [5, 5.41) is 0. The lowest BCUT2D eigenvalue weighted by Gasteiger charge is -2.32. The molecule has 174 valence electrons. The number of carbonyl (C=O) groups excluding carboxylic acids is 2. The van der Waals surface area contributed by atoms with Crippen molar-refractivity contribution in [1.29, 1.82) is 0 Å². The van der Waals surface area contributed by atoms with Crippen LogP contribution in [-0.2, 0) is 20.9 Å². The minimum Gasteiger partial charge on any atom is -0.456 e. The van der Waals surface area contributed by atoms with Crippen molar-refractivity contribution in [2.75, 3.05) is 33.4 Å². The standard InChI is InChI=1S/C24H33N3O5/c1-24(2,3)32-23(29)20-8-6-5-7-19(20)22(28)26-12-9-18(10-13-26)21-25-11-14-27(21)17-31-16-15-30-4/h5-8,11,14,18H,9-10,12-13,15-17H2,1-4H3. The van der Waals surface area contributed by atoms with E-state index in [1.165, 1.54) is 0 Å². The summed E-state index contributed by atoms with van der Waals surface area (Å²) in [5.41, 5.74) is 0.0624. The summed E-state index contributed by atoms with van der Waals surface area (Å²) in [6.45, 7) is 8.15. The SMILES string of the molecule is COCCOCn1ccnc1C1CCN(C(=O)c2ccccc2C(=O)OC(C)(C)C)CC1. The molecule has 0 saturated carbocycles. The molecule has 1 aromatic carbocycles. The van der Waals surface area contributed by atoms with Crippen LogP contribution in [0.25, 0.3) is 0 Å². The first-order valence-corrected chi connectivity index (χ1v) is 11.0. The molecule has 3 rings (SSSR count). The summed E-state index contributed by atoms with van der Waals surface area (Å²) >= 11 is 0. The maximum Gasteiger partial charge on any atom is 0.339 e. The van der Waals surface area contributed by atoms with Crippen molar-refractivity contribution < 1.29 is 23.8 Å². The van der Waals surface area contributed by atoms with Crippen molar-refractivity contribution in [1.82, 2.24) is 14.5 Å². The number of imidazole rings is 1. The van der Waals surface area contributed by atoms with Crippen molar-refractivity contribution >= 4 is 11.9 Å². The third-order valence-corrected chi connectivity index (χ3v) is 5.33. The Morgan fingerprint density at radius 1 is 1.09 bits per heavy atom. The molecule has 1 amide bonds. The molecule has 0 N–H and O–H groups in total. The monoisotopic (exact) mass is 443 g/mol. The van der Waals surface area contributed by atoms with Crippen LogP contribution in [0.1, 0.15) is 66.1 Å². The molecule has 0 atom stereocenters. The van der Waals surface area contributed by atoms with Gasteiger partial charge in [-0.2, -0.15) is 0 Å². The van der Waals surface area contributed by atoms with E-state index in [4.69, 9.17) is 14.2 Å². The van der Waals surface area contributed by atoms with E-state index in [1.54, 1.807) is 37.6 Å². The quantitative estimate of drug-likeness (QED) is 0.459. The number of hydrogen-bond acceptors (Lipinski definition) is 6. The Morgan fingerprint density at radius 2 is 1.78 bits per heavy atom. The molecule has 0 spiro atoms. The predicted molar refractivity (Wildman–Crippen MR) is 120 cm³/mol. The van der Waals surface area contributed by atoms with Gasteiger partial charge in [0.15, 0.2) is 0 Å². The first kappa shape index (κ1) is 23.9. The van der Waals surface area contributed by atoms with Crippen LogP contribution in [-0.4, -0.2) is 65.3 Å². The second kappa shape index (κ2) is 10.7. The van der Waals surface area contributed by atoms with Crippen LogP contribution in [0.15, 0.2) is 36.7 Å². The average Bonchev–Trinajstić information content (AvgIpc) is 3.24. The first-order valence-electron chi connectivity index (χ1n) is 11.0. The van der Waals surface area contributed by atoms with Crippen LogP contribution in [0.2, 0.25) is 0 Å². The fraction of sp³-hybridized carbons (Fsp3) is 0.542. The molecule has 2 heterocycles. The minimum atomic E-state index is -0.624. The highest BCUT2D eigenvalue weighted by Crippen LogP contribution is 2.28. The van der Waals surface area contributed by atoms with Crippen molar-refractivity contribution in [3.63, 3.8) is 0 Å². The van der Waals surface area contributed by atoms with Gasteiger partial charge < -0.3 is 23.7 Å². The highest BCUT2D eigenvalue weighted by atomic mass is 16.6. The Morgan fingerprint density at radius 3 is 2.44 bits per heavy atom. The maximum absolute atomic E-state index is 13.2. The molecule has 1 saturated heterocycles. The number of aromatic nitrogens is 2. The smallest absolute Gasteiger partial charge is 0.339 e. The number of benzene rings is 1. The summed E-state index contributed by atoms with van der Waals surface area (Å²) in [4.78, 5) is 32.2. The second-order valence-electron chi connectivity index (χ2n) is 8.90. The van der Waals surface area contributed by atoms with Gasteiger partial charge in [0.2, 0.25) is 0 Å². The van der Waals surface area contributed by atoms with E-state index in [9.17, 15) is 9.59 Å². The van der Waals surface area contributed by atoms with Gasteiger partial charge in [-0.15, -0.1) is 0 Å². The van der Waals surface area contributed by atoms with Crippen LogP contribution < -0.4 is 0 Å². The largest absolute Gasteiger partial charge is 0.456 e. The summed E-state index contributed by atoms with van der Waals surface area (Å²) in [6, 6.07) is 6.86. The molecule has 0 unspecified atom stereocenters. The molecule has 0 bridgehead atoms. The number of rotatable bonds is 8. The van der Waals surface area contributed by atoms with E-state index < -0.39 is 11.6 Å². The lowest BCUT2D eigenvalue weighted by molar-refractivity contribution is 0.00664. The van der Waals surface area contributed by atoms with Crippen molar-refractivity contribution in [2.45, 2.75) is 51.9 Å². The van der Waals surface area contributed by atoms with E-state index in [0.29, 0.717) is 44.2 Å². The zero-order valence-electron chi connectivity index (χ0n) is 19.4. The highest BCUT2D eigenvalue weighted by molar-refractivity contribution is 6.05. The zero-order chi connectivity index (χ0) is 23.1. The summed E-state index contributed by atoms with van der Waals surface area (Å²) in [7, 11) is 1.65. The van der Waals surface area contributed by atoms with Crippen molar-refractivity contribution in [3.05, 3.63) is 53.6 Å². The molecule has 1 fully saturated rings. The molecule has 8 heteroatoms. The number of amides is 1. The summed E-state index contributed by atoms with van der Waals surface area (Å²) in [6.07, 6.45) is 5.30. The van der Waals surface area contributed by atoms with Gasteiger partial charge in [-0.1, -0.05) is 12.1 Å². The van der Waals surface area contributed by atoms with Gasteiger partial charge in [0, 0.05) is 38.5 Å². The van der Waals surface area contributed by atoms with Gasteiger partial charge in [-0.3, -0.25) is 4.79 Å². The van der Waals surface area contributed by atoms with Crippen LogP contribution in [0.5, 0.6) is 0 Å². The maximum atomic E-state index is 13.2. The highest BCUT2D eigenvalue weighted by Gasteiger charge is 2.29. The fourth-order valence-electron chi connectivity index (χ4n) is 3.79. The Kier molecular flexibility index (Phi) is 8.04. The zero-order valence-corrected chi connectivity index (χ0v) is 19.4. The lowest BCUT2D eigenvalue weighted by Crippen LogP contribution is -2.39. The summed E-state index contributed by atoms with van der Waals surface area (Å²) < 4.78 is 18.1. The molecule has 0 aliphatic carbocycles. The van der Waals surface area contributed by atoms with Gasteiger partial charge >= 0.3 is 5.97 Å². The molecule has 0 radical (unpaired) electrons. The molecule has 1 aliphatic rings. The summed E-state index contributed by atoms with van der Waals surface area (Å²) in [5.74, 6) is 0.604. The Labute approximate surface area is 189 Å². The molecule has 2 aromatic rings. The third kappa shape index (κ3) is 6.17. The van der Waals surface area contributed by atoms with Crippen molar-refractivity contribution in [3.8, 4) is 0 Å². The average molecular weight is 444 g/mol. The molecule has 32 heavy (non-hydrogen) atoms. The molecule has 1 aromatic heterocycles. The third-order valence-electron chi connectivity index (χ3n) is 5.33. The number of likely N-dealkylation sites (tertiary alicyclic amines) is 1. The van der Waals surface area contributed by atoms with Gasteiger partial charge in [0.05, 0.1) is 24.3 Å². The van der Waals surface area contributed by atoms with E-state index in [-0.39, 0.29) is 11.8 Å². The van der Waals surface area contributed by atoms with Crippen LogP contribution in [0, 0.1) is 0 Å². The minimum absolute atomic E-state index is 0.142. The lowest BCUT2D eigenvalue weighted by atomic mass is 9.95. The van der Waals surface area contributed by atoms with Gasteiger partial charge in [-0.25, -0.2) is 9.78 Å².